The van der Waals surface area contributed by atoms with Crippen LogP contribution in [0.25, 0.3) is 0 Å². The molecule has 0 unspecified atom stereocenters. The predicted molar refractivity (Wildman–Crippen MR) is 119 cm³/mol. The summed E-state index contributed by atoms with van der Waals surface area (Å²) in [7, 11) is -3.39. The Labute approximate surface area is 177 Å². The highest BCUT2D eigenvalue weighted by atomic mass is 32.2. The first-order valence-electron chi connectivity index (χ1n) is 10.6. The van der Waals surface area contributed by atoms with Crippen LogP contribution < -0.4 is 21.3 Å². The van der Waals surface area contributed by atoms with Crippen LogP contribution in [0.1, 0.15) is 39.0 Å². The summed E-state index contributed by atoms with van der Waals surface area (Å²) in [6.45, 7) is 4.32. The van der Waals surface area contributed by atoms with Crippen molar-refractivity contribution in [3.63, 3.8) is 0 Å². The van der Waals surface area contributed by atoms with E-state index in [1.54, 1.807) is 19.1 Å². The molecule has 30 heavy (non-hydrogen) atoms. The molecule has 2 fully saturated rings. The lowest BCUT2D eigenvalue weighted by Crippen LogP contribution is -2.58. The van der Waals surface area contributed by atoms with Crippen molar-refractivity contribution in [1.29, 1.82) is 0 Å². The van der Waals surface area contributed by atoms with Crippen molar-refractivity contribution in [3.05, 3.63) is 18.2 Å². The number of aliphatic imine (C=N–C) groups is 2. The summed E-state index contributed by atoms with van der Waals surface area (Å²) in [5.74, 6) is 0.462. The third-order valence-electron chi connectivity index (χ3n) is 6.13. The van der Waals surface area contributed by atoms with Crippen LogP contribution in [0.5, 0.6) is 0 Å². The van der Waals surface area contributed by atoms with Gasteiger partial charge < -0.3 is 21.1 Å². The van der Waals surface area contributed by atoms with Crippen LogP contribution in [0, 0.1) is 0 Å². The van der Waals surface area contributed by atoms with Crippen molar-refractivity contribution in [2.45, 2.75) is 49.6 Å². The van der Waals surface area contributed by atoms with Crippen LogP contribution in [0.15, 0.2) is 33.1 Å². The Morgan fingerprint density at radius 1 is 1.10 bits per heavy atom. The van der Waals surface area contributed by atoms with Crippen molar-refractivity contribution in [3.8, 4) is 0 Å². The largest absolute Gasteiger partial charge is 0.378 e. The third kappa shape index (κ3) is 3.74. The Bertz CT molecular complexity index is 963. The zero-order valence-corrected chi connectivity index (χ0v) is 18.2. The number of sulfone groups is 1. The highest BCUT2D eigenvalue weighted by Crippen LogP contribution is 2.43. The van der Waals surface area contributed by atoms with Crippen LogP contribution >= 0.6 is 0 Å². The first kappa shape index (κ1) is 20.9. The maximum absolute atomic E-state index is 12.7. The standard InChI is InChI=1S/C20H30N6O3S/c1-2-30(27,28)15-6-7-16(25-10-12-29-13-11-25)17(14-15)26-19(22)23-18(21)24-20(26)8-4-3-5-9-20/h6-7,14H,2-5,8-13H2,1H3,(H4,21,22,23,24). The smallest absolute Gasteiger partial charge is 0.220 e. The summed E-state index contributed by atoms with van der Waals surface area (Å²) in [6, 6.07) is 5.27. The van der Waals surface area contributed by atoms with E-state index in [0.29, 0.717) is 18.9 Å². The maximum Gasteiger partial charge on any atom is 0.220 e. The van der Waals surface area contributed by atoms with Crippen LogP contribution in [0.2, 0.25) is 0 Å². The zero-order valence-electron chi connectivity index (χ0n) is 17.4. The molecule has 10 heteroatoms. The molecule has 1 aliphatic carbocycles. The predicted octanol–water partition coefficient (Wildman–Crippen LogP) is 1.43. The van der Waals surface area contributed by atoms with E-state index in [9.17, 15) is 8.42 Å². The van der Waals surface area contributed by atoms with Gasteiger partial charge in [0.2, 0.25) is 11.9 Å². The van der Waals surface area contributed by atoms with Gasteiger partial charge in [-0.25, -0.2) is 13.4 Å². The highest BCUT2D eigenvalue weighted by molar-refractivity contribution is 7.91. The Morgan fingerprint density at radius 3 is 2.47 bits per heavy atom. The van der Waals surface area contributed by atoms with E-state index in [2.05, 4.69) is 9.89 Å². The van der Waals surface area contributed by atoms with E-state index in [4.69, 9.17) is 21.2 Å². The number of ether oxygens (including phenoxy) is 1. The molecule has 3 aliphatic rings. The lowest BCUT2D eigenvalue weighted by Gasteiger charge is -2.47. The first-order chi connectivity index (χ1) is 14.4. The molecule has 9 nitrogen and oxygen atoms in total. The van der Waals surface area contributed by atoms with Crippen LogP contribution in [-0.4, -0.2) is 58.1 Å². The molecule has 1 spiro atoms. The SMILES string of the molecule is CCS(=O)(=O)c1ccc(N2CCOCC2)c(N2C(N)=NC(N)=NC23CCCCC3)c1. The van der Waals surface area contributed by atoms with Crippen molar-refractivity contribution in [1.82, 2.24) is 0 Å². The van der Waals surface area contributed by atoms with Gasteiger partial charge in [-0.1, -0.05) is 13.3 Å². The lowest BCUT2D eigenvalue weighted by molar-refractivity contribution is 0.122. The summed E-state index contributed by atoms with van der Waals surface area (Å²) >= 11 is 0. The Kier molecular flexibility index (Phi) is 5.63. The molecule has 4 rings (SSSR count). The highest BCUT2D eigenvalue weighted by Gasteiger charge is 2.44. The van der Waals surface area contributed by atoms with Crippen molar-refractivity contribution in [2.75, 3.05) is 41.9 Å². The summed E-state index contributed by atoms with van der Waals surface area (Å²) < 4.78 is 30.8. The molecule has 1 saturated carbocycles. The second kappa shape index (κ2) is 8.07. The number of guanidine groups is 2. The average Bonchev–Trinajstić information content (AvgIpc) is 2.74. The summed E-state index contributed by atoms with van der Waals surface area (Å²) in [6.07, 6.45) is 4.71. The van der Waals surface area contributed by atoms with Crippen molar-refractivity contribution >= 4 is 33.1 Å². The minimum atomic E-state index is -3.39. The molecule has 2 aliphatic heterocycles. The normalized spacial score (nSPS) is 22.0. The molecular formula is C20H30N6O3S. The molecule has 0 aromatic heterocycles. The molecule has 2 heterocycles. The van der Waals surface area contributed by atoms with E-state index >= 15 is 0 Å². The third-order valence-corrected chi connectivity index (χ3v) is 7.86. The van der Waals surface area contributed by atoms with Crippen molar-refractivity contribution in [2.24, 2.45) is 21.5 Å². The monoisotopic (exact) mass is 434 g/mol. The summed E-state index contributed by atoms with van der Waals surface area (Å²) in [4.78, 5) is 13.4. The number of morpholine rings is 1. The van der Waals surface area contributed by atoms with Gasteiger partial charge in [0.15, 0.2) is 9.84 Å². The van der Waals surface area contributed by atoms with Gasteiger partial charge in [0.25, 0.3) is 0 Å². The number of nitrogens with zero attached hydrogens (tertiary/aromatic N) is 4. The van der Waals surface area contributed by atoms with Gasteiger partial charge in [-0.15, -0.1) is 0 Å². The minimum absolute atomic E-state index is 0.0309. The van der Waals surface area contributed by atoms with E-state index < -0.39 is 15.5 Å². The first-order valence-corrected chi connectivity index (χ1v) is 12.2. The fourth-order valence-corrected chi connectivity index (χ4v) is 5.48. The van der Waals surface area contributed by atoms with E-state index in [0.717, 1.165) is 50.9 Å². The van der Waals surface area contributed by atoms with E-state index in [-0.39, 0.29) is 22.6 Å². The molecular weight excluding hydrogens is 404 g/mol. The van der Waals surface area contributed by atoms with Crippen molar-refractivity contribution < 1.29 is 13.2 Å². The molecule has 0 bridgehead atoms. The van der Waals surface area contributed by atoms with E-state index in [1.807, 2.05) is 11.0 Å². The van der Waals surface area contributed by atoms with Gasteiger partial charge in [0.05, 0.1) is 35.2 Å². The zero-order chi connectivity index (χ0) is 21.4. The number of nitrogens with two attached hydrogens (primary N) is 2. The second-order valence-corrected chi connectivity index (χ2v) is 10.3. The number of anilines is 2. The Balaban J connectivity index is 1.89. The molecule has 164 valence electrons. The van der Waals surface area contributed by atoms with Gasteiger partial charge in [0, 0.05) is 13.1 Å². The molecule has 1 saturated heterocycles. The molecule has 0 radical (unpaired) electrons. The molecule has 1 aromatic rings. The van der Waals surface area contributed by atoms with Gasteiger partial charge in [0.1, 0.15) is 5.66 Å². The summed E-state index contributed by atoms with van der Waals surface area (Å²) in [5.41, 5.74) is 13.4. The number of benzene rings is 1. The number of hydrogen-bond acceptors (Lipinski definition) is 9. The Morgan fingerprint density at radius 2 is 1.80 bits per heavy atom. The quantitative estimate of drug-likeness (QED) is 0.734. The average molecular weight is 435 g/mol. The lowest BCUT2D eigenvalue weighted by atomic mass is 9.87. The van der Waals surface area contributed by atoms with Crippen LogP contribution in [0.3, 0.4) is 0 Å². The molecule has 0 atom stereocenters. The fraction of sp³-hybridized carbons (Fsp3) is 0.600. The molecule has 1 aromatic carbocycles. The molecule has 4 N–H and O–H groups in total. The van der Waals surface area contributed by atoms with Gasteiger partial charge in [-0.05, 0) is 43.9 Å². The van der Waals surface area contributed by atoms with E-state index in [1.165, 1.54) is 0 Å². The van der Waals surface area contributed by atoms with Gasteiger partial charge in [-0.3, -0.25) is 4.90 Å². The maximum atomic E-state index is 12.7. The summed E-state index contributed by atoms with van der Waals surface area (Å²) in [5, 5.41) is 0. The van der Waals surface area contributed by atoms with Crippen LogP contribution in [0.4, 0.5) is 11.4 Å². The van der Waals surface area contributed by atoms with Crippen LogP contribution in [-0.2, 0) is 14.6 Å². The Hall–Kier alpha value is -2.33. The minimum Gasteiger partial charge on any atom is -0.378 e. The van der Waals surface area contributed by atoms with Gasteiger partial charge >= 0.3 is 0 Å². The topological polar surface area (TPSA) is 127 Å². The number of rotatable bonds is 4. The molecule has 0 amide bonds. The van der Waals surface area contributed by atoms with Gasteiger partial charge in [-0.2, -0.15) is 4.99 Å². The second-order valence-electron chi connectivity index (χ2n) is 7.97. The number of hydrogen-bond donors (Lipinski definition) is 2. The fourth-order valence-electron chi connectivity index (χ4n) is 4.58.